The van der Waals surface area contributed by atoms with Gasteiger partial charge >= 0.3 is 0 Å². The molecule has 8 atom stereocenters. The Kier molecular flexibility index (Phi) is 4.92. The molecule has 4 heteroatoms. The van der Waals surface area contributed by atoms with Crippen LogP contribution < -0.4 is 0 Å². The van der Waals surface area contributed by atoms with E-state index in [1.807, 2.05) is 12.3 Å². The summed E-state index contributed by atoms with van der Waals surface area (Å²) in [6.07, 6.45) is 15.6. The highest BCUT2D eigenvalue weighted by molar-refractivity contribution is 5.82. The van der Waals surface area contributed by atoms with Crippen LogP contribution in [0.3, 0.4) is 0 Å². The fraction of sp³-hybridized carbons (Fsp3) is 0.840. The van der Waals surface area contributed by atoms with Crippen LogP contribution in [0.5, 0.6) is 0 Å². The van der Waals surface area contributed by atoms with Gasteiger partial charge in [0.1, 0.15) is 0 Å². The number of aromatic nitrogens is 2. The number of carbonyl (C=O) groups excluding carboxylic acids is 1. The normalized spacial score (nSPS) is 47.0. The van der Waals surface area contributed by atoms with E-state index in [9.17, 15) is 9.90 Å². The van der Waals surface area contributed by atoms with Gasteiger partial charge < -0.3 is 5.11 Å². The van der Waals surface area contributed by atoms with Crippen molar-refractivity contribution in [2.75, 3.05) is 0 Å². The van der Waals surface area contributed by atoms with Crippen LogP contribution in [0.2, 0.25) is 0 Å². The smallest absolute Gasteiger partial charge is 0.157 e. The summed E-state index contributed by atoms with van der Waals surface area (Å²) in [7, 11) is 0. The van der Waals surface area contributed by atoms with E-state index in [1.54, 1.807) is 10.9 Å². The van der Waals surface area contributed by atoms with E-state index in [0.29, 0.717) is 24.2 Å². The first-order valence-corrected chi connectivity index (χ1v) is 12.1. The SMILES string of the molecule is C[C@]1(O)CCC[C@H]2CCC3C(CC[C@@]4(C)C3CC[C@@H]4C(=O)Cn3cccn3)[C@H]2C1. The van der Waals surface area contributed by atoms with Gasteiger partial charge in [0, 0.05) is 18.3 Å². The third-order valence-electron chi connectivity index (χ3n) is 9.75. The Hall–Kier alpha value is -1.16. The zero-order chi connectivity index (χ0) is 20.2. The molecule has 0 aliphatic heterocycles. The fourth-order valence-corrected chi connectivity index (χ4v) is 8.46. The van der Waals surface area contributed by atoms with Gasteiger partial charge in [0.25, 0.3) is 0 Å². The first-order chi connectivity index (χ1) is 13.9. The number of hydrogen-bond donors (Lipinski definition) is 1. The van der Waals surface area contributed by atoms with Crippen molar-refractivity contribution in [3.63, 3.8) is 0 Å². The molecule has 4 nitrogen and oxygen atoms in total. The van der Waals surface area contributed by atoms with E-state index in [-0.39, 0.29) is 11.3 Å². The van der Waals surface area contributed by atoms with E-state index in [1.165, 1.54) is 44.9 Å². The van der Waals surface area contributed by atoms with Crippen LogP contribution >= 0.6 is 0 Å². The van der Waals surface area contributed by atoms with Gasteiger partial charge in [-0.3, -0.25) is 9.48 Å². The number of nitrogens with zero attached hydrogens (tertiary/aromatic N) is 2. The summed E-state index contributed by atoms with van der Waals surface area (Å²) in [6, 6.07) is 1.90. The highest BCUT2D eigenvalue weighted by Gasteiger charge is 2.58. The van der Waals surface area contributed by atoms with Gasteiger partial charge in [-0.05, 0) is 99.4 Å². The van der Waals surface area contributed by atoms with Crippen LogP contribution in [-0.2, 0) is 11.3 Å². The topological polar surface area (TPSA) is 55.1 Å². The summed E-state index contributed by atoms with van der Waals surface area (Å²) >= 11 is 0. The highest BCUT2D eigenvalue weighted by atomic mass is 16.3. The molecule has 1 N–H and O–H groups in total. The second-order valence-corrected chi connectivity index (χ2v) is 11.4. The van der Waals surface area contributed by atoms with Crippen LogP contribution in [-0.4, -0.2) is 26.3 Å². The number of rotatable bonds is 3. The Morgan fingerprint density at radius 2 is 1.93 bits per heavy atom. The quantitative estimate of drug-likeness (QED) is 0.791. The van der Waals surface area contributed by atoms with Gasteiger partial charge in [0.15, 0.2) is 5.78 Å². The summed E-state index contributed by atoms with van der Waals surface area (Å²) < 4.78 is 1.80. The van der Waals surface area contributed by atoms with Crippen molar-refractivity contribution in [3.8, 4) is 0 Å². The zero-order valence-corrected chi connectivity index (χ0v) is 18.2. The summed E-state index contributed by atoms with van der Waals surface area (Å²) in [4.78, 5) is 13.2. The third kappa shape index (κ3) is 3.40. The molecule has 0 spiro atoms. The number of fused-ring (bicyclic) bond motifs is 5. The number of hydrogen-bond acceptors (Lipinski definition) is 3. The maximum Gasteiger partial charge on any atom is 0.157 e. The summed E-state index contributed by atoms with van der Waals surface area (Å²) in [5.74, 6) is 4.36. The highest BCUT2D eigenvalue weighted by Crippen LogP contribution is 2.64. The molecular formula is C25H38N2O2. The van der Waals surface area contributed by atoms with Crippen molar-refractivity contribution in [1.82, 2.24) is 9.78 Å². The second-order valence-electron chi connectivity index (χ2n) is 11.4. The summed E-state index contributed by atoms with van der Waals surface area (Å²) in [6.45, 7) is 4.94. The minimum absolute atomic E-state index is 0.172. The molecule has 5 rings (SSSR count). The van der Waals surface area contributed by atoms with E-state index in [2.05, 4.69) is 18.9 Å². The maximum atomic E-state index is 13.2. The molecule has 160 valence electrons. The first kappa shape index (κ1) is 19.8. The van der Waals surface area contributed by atoms with E-state index >= 15 is 0 Å². The van der Waals surface area contributed by atoms with Gasteiger partial charge in [0.2, 0.25) is 0 Å². The molecule has 4 saturated carbocycles. The number of aliphatic hydroxyl groups is 1. The van der Waals surface area contributed by atoms with Crippen molar-refractivity contribution in [2.24, 2.45) is 40.9 Å². The number of ketones is 1. The number of carbonyl (C=O) groups is 1. The molecule has 4 fully saturated rings. The second kappa shape index (κ2) is 7.21. The molecular weight excluding hydrogens is 360 g/mol. The standard InChI is InChI=1S/C25H38N2O2/c1-24(29)11-3-5-17-6-7-19-18(20(17)15-24)10-12-25(2)21(19)8-9-22(25)23(28)16-27-14-4-13-26-27/h4,13-14,17-22,29H,3,5-12,15-16H2,1-2H3/t17-,18?,19?,20-,21?,22+,24-,25-/m0/s1. The predicted molar refractivity (Wildman–Crippen MR) is 113 cm³/mol. The van der Waals surface area contributed by atoms with Crippen molar-refractivity contribution in [2.45, 2.75) is 90.2 Å². The van der Waals surface area contributed by atoms with Gasteiger partial charge in [-0.15, -0.1) is 0 Å². The van der Waals surface area contributed by atoms with Gasteiger partial charge in [-0.25, -0.2) is 0 Å². The minimum Gasteiger partial charge on any atom is -0.390 e. The lowest BCUT2D eigenvalue weighted by Crippen LogP contribution is -2.49. The van der Waals surface area contributed by atoms with Gasteiger partial charge in [0.05, 0.1) is 12.1 Å². The van der Waals surface area contributed by atoms with Crippen LogP contribution in [0, 0.1) is 40.9 Å². The third-order valence-corrected chi connectivity index (χ3v) is 9.75. The summed E-state index contributed by atoms with van der Waals surface area (Å²) in [5, 5.41) is 15.2. The fourth-order valence-electron chi connectivity index (χ4n) is 8.46. The van der Waals surface area contributed by atoms with Gasteiger partial charge in [-0.1, -0.05) is 19.8 Å². The van der Waals surface area contributed by atoms with Crippen molar-refractivity contribution in [1.29, 1.82) is 0 Å². The van der Waals surface area contributed by atoms with E-state index < -0.39 is 5.60 Å². The summed E-state index contributed by atoms with van der Waals surface area (Å²) in [5.41, 5.74) is -0.300. The molecule has 1 aromatic heterocycles. The molecule has 4 aliphatic rings. The van der Waals surface area contributed by atoms with Crippen molar-refractivity contribution < 1.29 is 9.90 Å². The van der Waals surface area contributed by atoms with E-state index in [0.717, 1.165) is 37.0 Å². The molecule has 0 radical (unpaired) electrons. The van der Waals surface area contributed by atoms with Crippen molar-refractivity contribution in [3.05, 3.63) is 18.5 Å². The molecule has 1 aromatic rings. The van der Waals surface area contributed by atoms with Crippen molar-refractivity contribution >= 4 is 5.78 Å². The molecule has 1 heterocycles. The molecule has 3 unspecified atom stereocenters. The lowest BCUT2D eigenvalue weighted by atomic mass is 9.50. The molecule has 0 bridgehead atoms. The maximum absolute atomic E-state index is 13.2. The molecule has 0 saturated heterocycles. The molecule has 29 heavy (non-hydrogen) atoms. The Labute approximate surface area is 175 Å². The van der Waals surface area contributed by atoms with Crippen LogP contribution in [0.15, 0.2) is 18.5 Å². The Morgan fingerprint density at radius 3 is 2.72 bits per heavy atom. The minimum atomic E-state index is -0.472. The largest absolute Gasteiger partial charge is 0.390 e. The molecule has 4 aliphatic carbocycles. The zero-order valence-electron chi connectivity index (χ0n) is 18.2. The molecule has 0 aromatic carbocycles. The average molecular weight is 399 g/mol. The first-order valence-electron chi connectivity index (χ1n) is 12.1. The monoisotopic (exact) mass is 398 g/mol. The number of Topliss-reactive ketones (excluding diaryl/α,β-unsaturated/α-hetero) is 1. The van der Waals surface area contributed by atoms with E-state index in [4.69, 9.17) is 0 Å². The lowest BCUT2D eigenvalue weighted by Gasteiger charge is -2.55. The Morgan fingerprint density at radius 1 is 1.07 bits per heavy atom. The average Bonchev–Trinajstić information content (AvgIpc) is 3.26. The van der Waals surface area contributed by atoms with Crippen LogP contribution in [0.25, 0.3) is 0 Å². The molecule has 0 amide bonds. The van der Waals surface area contributed by atoms with Gasteiger partial charge in [-0.2, -0.15) is 5.10 Å². The van der Waals surface area contributed by atoms with Crippen LogP contribution in [0.4, 0.5) is 0 Å². The predicted octanol–water partition coefficient (Wildman–Crippen LogP) is 4.86. The van der Waals surface area contributed by atoms with Crippen LogP contribution in [0.1, 0.15) is 78.1 Å². The lowest BCUT2D eigenvalue weighted by molar-refractivity contribution is -0.131. The Balaban J connectivity index is 1.35. The Bertz CT molecular complexity index is 742.